The fourth-order valence-electron chi connectivity index (χ4n) is 7.67. The Bertz CT molecular complexity index is 1740. The van der Waals surface area contributed by atoms with Crippen LogP contribution in [-0.4, -0.2) is 86.0 Å². The Morgan fingerprint density at radius 2 is 1.75 bits per heavy atom. The number of fused-ring (bicyclic) bond motifs is 1. The first-order valence-electron chi connectivity index (χ1n) is 18.1. The molecule has 2 saturated heterocycles. The first-order chi connectivity index (χ1) is 24.5. The lowest BCUT2D eigenvalue weighted by Gasteiger charge is -2.30. The molecular weight excluding hydrogens is 694 g/mol. The number of oxazole rings is 1. The van der Waals surface area contributed by atoms with Crippen LogP contribution in [0.3, 0.4) is 0 Å². The number of halogens is 1. The van der Waals surface area contributed by atoms with E-state index < -0.39 is 51.9 Å². The number of nitrogens with one attached hydrogen (secondary N) is 3. The summed E-state index contributed by atoms with van der Waals surface area (Å²) in [6.07, 6.45) is 8.04. The third-order valence-electron chi connectivity index (χ3n) is 10.4. The predicted molar refractivity (Wildman–Crippen MR) is 194 cm³/mol. The second kappa shape index (κ2) is 17.0. The molecule has 3 aromatic rings. The Balaban J connectivity index is 1.23. The third kappa shape index (κ3) is 10.2. The molecule has 0 bridgehead atoms. The average molecular weight is 742 g/mol. The minimum Gasteiger partial charge on any atom is -0.434 e. The lowest BCUT2D eigenvalue weighted by atomic mass is 9.91. The fourth-order valence-corrected chi connectivity index (χ4v) is 8.54. The molecule has 0 spiro atoms. The van der Waals surface area contributed by atoms with Crippen LogP contribution in [0.5, 0.6) is 0 Å². The third-order valence-corrected chi connectivity index (χ3v) is 11.4. The van der Waals surface area contributed by atoms with E-state index in [9.17, 15) is 22.8 Å². The van der Waals surface area contributed by atoms with Gasteiger partial charge in [0.2, 0.25) is 27.6 Å². The van der Waals surface area contributed by atoms with Crippen LogP contribution in [-0.2, 0) is 31.0 Å². The van der Waals surface area contributed by atoms with Crippen molar-refractivity contribution < 1.29 is 32.0 Å². The quantitative estimate of drug-likeness (QED) is 0.189. The van der Waals surface area contributed by atoms with Gasteiger partial charge in [0.05, 0.1) is 25.0 Å². The summed E-state index contributed by atoms with van der Waals surface area (Å²) >= 11 is 6.06. The number of para-hydroxylation sites is 2. The largest absolute Gasteiger partial charge is 0.434 e. The Labute approximate surface area is 304 Å². The molecule has 3 heterocycles. The summed E-state index contributed by atoms with van der Waals surface area (Å²) in [5, 5.41) is 6.92. The van der Waals surface area contributed by atoms with Crippen molar-refractivity contribution in [2.24, 2.45) is 11.8 Å². The monoisotopic (exact) mass is 741 g/mol. The number of Topliss-reactive ketones (excluding diaryl/α,β-unsaturated/α-hetero) is 1. The molecule has 3 aliphatic rings. The van der Waals surface area contributed by atoms with Crippen LogP contribution in [0.2, 0.25) is 5.02 Å². The summed E-state index contributed by atoms with van der Waals surface area (Å²) in [7, 11) is -3.75. The van der Waals surface area contributed by atoms with E-state index in [1.54, 1.807) is 30.3 Å². The number of ketones is 1. The van der Waals surface area contributed by atoms with Gasteiger partial charge in [0.25, 0.3) is 5.89 Å². The number of amides is 2. The van der Waals surface area contributed by atoms with Gasteiger partial charge in [-0.3, -0.25) is 14.4 Å². The number of hydrogen-bond donors (Lipinski definition) is 3. The van der Waals surface area contributed by atoms with Crippen molar-refractivity contribution in [3.63, 3.8) is 0 Å². The van der Waals surface area contributed by atoms with Crippen molar-refractivity contribution in [2.75, 3.05) is 25.9 Å². The number of sulfonamides is 1. The van der Waals surface area contributed by atoms with Gasteiger partial charge in [-0.05, 0) is 86.9 Å². The Morgan fingerprint density at radius 1 is 1.02 bits per heavy atom. The van der Waals surface area contributed by atoms with E-state index in [1.165, 1.54) is 4.90 Å². The molecule has 0 radical (unpaired) electrons. The zero-order valence-electron chi connectivity index (χ0n) is 29.0. The smallest absolute Gasteiger partial charge is 0.266 e. The molecular formula is C37H48ClN5O7S. The molecule has 1 aromatic heterocycles. The summed E-state index contributed by atoms with van der Waals surface area (Å²) in [4.78, 5) is 48.4. The maximum Gasteiger partial charge on any atom is 0.266 e. The van der Waals surface area contributed by atoms with Gasteiger partial charge in [-0.1, -0.05) is 61.5 Å². The number of hydrogen-bond acceptors (Lipinski definition) is 9. The summed E-state index contributed by atoms with van der Waals surface area (Å²) < 4.78 is 39.6. The van der Waals surface area contributed by atoms with Gasteiger partial charge in [-0.25, -0.2) is 18.1 Å². The van der Waals surface area contributed by atoms with E-state index in [2.05, 4.69) is 20.3 Å². The molecule has 2 amide bonds. The van der Waals surface area contributed by atoms with Crippen LogP contribution in [0.15, 0.2) is 52.9 Å². The highest BCUT2D eigenvalue weighted by Gasteiger charge is 2.44. The van der Waals surface area contributed by atoms with Crippen LogP contribution in [0.4, 0.5) is 0 Å². The predicted octanol–water partition coefficient (Wildman–Crippen LogP) is 4.61. The number of likely N-dealkylation sites (tertiary alicyclic amines) is 1. The number of piperidine rings is 1. The van der Waals surface area contributed by atoms with Crippen LogP contribution in [0.1, 0.15) is 80.5 Å². The van der Waals surface area contributed by atoms with Crippen LogP contribution in [0, 0.1) is 11.8 Å². The van der Waals surface area contributed by atoms with Crippen LogP contribution in [0.25, 0.3) is 11.1 Å². The van der Waals surface area contributed by atoms with Gasteiger partial charge >= 0.3 is 0 Å². The Morgan fingerprint density at radius 3 is 2.45 bits per heavy atom. The maximum absolute atomic E-state index is 14.3. The topological polar surface area (TPSA) is 160 Å². The highest BCUT2D eigenvalue weighted by Crippen LogP contribution is 2.31. The molecule has 2 aliphatic heterocycles. The first kappa shape index (κ1) is 37.4. The zero-order valence-corrected chi connectivity index (χ0v) is 30.6. The molecule has 51 heavy (non-hydrogen) atoms. The summed E-state index contributed by atoms with van der Waals surface area (Å²) in [6.45, 7) is 2.09. The molecule has 14 heteroatoms. The number of carbonyl (C=O) groups is 3. The fraction of sp³-hybridized carbons (Fsp3) is 0.568. The molecule has 1 aliphatic carbocycles. The van der Waals surface area contributed by atoms with E-state index in [1.807, 2.05) is 18.2 Å². The van der Waals surface area contributed by atoms with Crippen molar-refractivity contribution in [1.29, 1.82) is 0 Å². The van der Waals surface area contributed by atoms with Gasteiger partial charge in [-0.15, -0.1) is 0 Å². The number of aromatic nitrogens is 1. The standard InChI is InChI=1S/C37H48ClN5O7S/c1-51(47,48)42-30(15-12-24-16-18-39-19-17-24)37(46)43-22-28(49-23-26-10-13-27(38)14-11-26)21-32(43)35(45)40-31(20-25-6-2-3-7-25)34(44)36-41-29-8-4-5-9-33(29)50-36/h4-5,8-11,13-14,24-25,28,30-32,39,42H,2-3,6-7,12,15-23H2,1H3,(H,40,45)/t28-,30-,31+,32+/m1/s1. The highest BCUT2D eigenvalue weighted by molar-refractivity contribution is 7.88. The van der Waals surface area contributed by atoms with Crippen molar-refractivity contribution in [3.8, 4) is 0 Å². The molecule has 4 atom stereocenters. The zero-order chi connectivity index (χ0) is 36.0. The van der Waals surface area contributed by atoms with Gasteiger partial charge in [0, 0.05) is 18.0 Å². The minimum atomic E-state index is -3.75. The Hall–Kier alpha value is -3.36. The summed E-state index contributed by atoms with van der Waals surface area (Å²) in [6, 6.07) is 11.4. The number of nitrogens with zero attached hydrogens (tertiary/aromatic N) is 2. The number of carbonyl (C=O) groups excluding carboxylic acids is 3. The lowest BCUT2D eigenvalue weighted by molar-refractivity contribution is -0.140. The lowest BCUT2D eigenvalue weighted by Crippen LogP contribution is -2.55. The Kier molecular flexibility index (Phi) is 12.5. The molecule has 6 rings (SSSR count). The van der Waals surface area contributed by atoms with Gasteiger partial charge < -0.3 is 24.7 Å². The van der Waals surface area contributed by atoms with E-state index in [0.29, 0.717) is 41.3 Å². The second-order valence-electron chi connectivity index (χ2n) is 14.3. The van der Waals surface area contributed by atoms with E-state index >= 15 is 0 Å². The summed E-state index contributed by atoms with van der Waals surface area (Å²) in [5.74, 6) is -0.853. The molecule has 1 saturated carbocycles. The summed E-state index contributed by atoms with van der Waals surface area (Å²) in [5.41, 5.74) is 1.91. The molecule has 3 N–H and O–H groups in total. The SMILES string of the molecule is CS(=O)(=O)N[C@H](CCC1CCNCC1)C(=O)N1C[C@H](OCc2ccc(Cl)cc2)C[C@H]1C(=O)N[C@@H](CC1CCCC1)C(=O)c1nc2ccccc2o1. The highest BCUT2D eigenvalue weighted by atomic mass is 35.5. The van der Waals surface area contributed by atoms with Crippen LogP contribution >= 0.6 is 11.6 Å². The van der Waals surface area contributed by atoms with Gasteiger partial charge in [-0.2, -0.15) is 0 Å². The molecule has 3 fully saturated rings. The normalized spacial score (nSPS) is 21.6. The molecule has 276 valence electrons. The maximum atomic E-state index is 14.3. The van der Waals surface area contributed by atoms with Gasteiger partial charge in [0.1, 0.15) is 17.6 Å². The van der Waals surface area contributed by atoms with Crippen molar-refractivity contribution >= 4 is 50.3 Å². The van der Waals surface area contributed by atoms with E-state index in [4.69, 9.17) is 20.8 Å². The second-order valence-corrected chi connectivity index (χ2v) is 16.5. The number of ether oxygens (including phenoxy) is 1. The van der Waals surface area contributed by atoms with Crippen molar-refractivity contribution in [2.45, 2.75) is 95.0 Å². The van der Waals surface area contributed by atoms with E-state index in [-0.39, 0.29) is 31.4 Å². The van der Waals surface area contributed by atoms with Crippen molar-refractivity contribution in [1.82, 2.24) is 25.2 Å². The van der Waals surface area contributed by atoms with Crippen LogP contribution < -0.4 is 15.4 Å². The molecule has 12 nitrogen and oxygen atoms in total. The number of benzene rings is 2. The minimum absolute atomic E-state index is 0.0710. The first-order valence-corrected chi connectivity index (χ1v) is 20.3. The van der Waals surface area contributed by atoms with Gasteiger partial charge in [0.15, 0.2) is 5.58 Å². The molecule has 0 unspecified atom stereocenters. The van der Waals surface area contributed by atoms with E-state index in [0.717, 1.165) is 63.4 Å². The molecule has 2 aromatic carbocycles. The van der Waals surface area contributed by atoms with Crippen molar-refractivity contribution in [3.05, 3.63) is 65.0 Å². The number of rotatable bonds is 15. The average Bonchev–Trinajstić information content (AvgIpc) is 3.89.